The second-order valence-corrected chi connectivity index (χ2v) is 4.03. The van der Waals surface area contributed by atoms with Gasteiger partial charge in [0.2, 0.25) is 5.91 Å². The van der Waals surface area contributed by atoms with E-state index in [1.54, 1.807) is 0 Å². The molecule has 3 nitrogen and oxygen atoms in total. The number of benzene rings is 1. The molecule has 0 aliphatic rings. The Kier molecular flexibility index (Phi) is 6.28. The smallest absolute Gasteiger partial charge is 0.221 e. The largest absolute Gasteiger partial charge is 0.356 e. The van der Waals surface area contributed by atoms with Gasteiger partial charge in [-0.2, -0.15) is 0 Å². The highest BCUT2D eigenvalue weighted by atomic mass is 19.2. The maximum atomic E-state index is 12.9. The van der Waals surface area contributed by atoms with Gasteiger partial charge in [0.15, 0.2) is 11.6 Å². The molecule has 0 saturated carbocycles. The third-order valence-corrected chi connectivity index (χ3v) is 2.41. The van der Waals surface area contributed by atoms with Gasteiger partial charge in [0.1, 0.15) is 0 Å². The maximum Gasteiger partial charge on any atom is 0.221 e. The van der Waals surface area contributed by atoms with Gasteiger partial charge in [0.05, 0.1) is 0 Å². The van der Waals surface area contributed by atoms with Crippen LogP contribution in [0.4, 0.5) is 8.78 Å². The zero-order chi connectivity index (χ0) is 13.4. The molecule has 2 N–H and O–H groups in total. The number of carbonyl (C=O) groups excluding carboxylic acids is 1. The SMILES string of the molecule is CCCNC(=O)CCNCc1ccc(F)c(F)c1. The van der Waals surface area contributed by atoms with Gasteiger partial charge in [-0.25, -0.2) is 8.78 Å². The molecule has 0 unspecified atom stereocenters. The van der Waals surface area contributed by atoms with E-state index in [0.717, 1.165) is 18.6 Å². The molecule has 0 fully saturated rings. The van der Waals surface area contributed by atoms with E-state index in [9.17, 15) is 13.6 Å². The molecule has 5 heteroatoms. The molecule has 0 atom stereocenters. The van der Waals surface area contributed by atoms with Crippen LogP contribution in [-0.4, -0.2) is 19.0 Å². The number of rotatable bonds is 7. The Labute approximate surface area is 106 Å². The zero-order valence-corrected chi connectivity index (χ0v) is 10.4. The third kappa shape index (κ3) is 5.23. The molecule has 0 saturated heterocycles. The standard InChI is InChI=1S/C13H18F2N2O/c1-2-6-17-13(18)5-7-16-9-10-3-4-11(14)12(15)8-10/h3-4,8,16H,2,5-7,9H2,1H3,(H,17,18). The van der Waals surface area contributed by atoms with Gasteiger partial charge in [0, 0.05) is 26.1 Å². The Morgan fingerprint density at radius 3 is 2.67 bits per heavy atom. The van der Waals surface area contributed by atoms with E-state index in [0.29, 0.717) is 31.6 Å². The fourth-order valence-corrected chi connectivity index (χ4v) is 1.44. The van der Waals surface area contributed by atoms with Gasteiger partial charge in [-0.1, -0.05) is 13.0 Å². The highest BCUT2D eigenvalue weighted by molar-refractivity contribution is 5.75. The molecule has 0 aromatic heterocycles. The van der Waals surface area contributed by atoms with E-state index < -0.39 is 11.6 Å². The first-order chi connectivity index (χ1) is 8.63. The van der Waals surface area contributed by atoms with Gasteiger partial charge in [0.25, 0.3) is 0 Å². The van der Waals surface area contributed by atoms with E-state index >= 15 is 0 Å². The lowest BCUT2D eigenvalue weighted by molar-refractivity contribution is -0.120. The van der Waals surface area contributed by atoms with Crippen LogP contribution in [0.15, 0.2) is 18.2 Å². The van der Waals surface area contributed by atoms with Crippen molar-refractivity contribution in [2.24, 2.45) is 0 Å². The van der Waals surface area contributed by atoms with Crippen molar-refractivity contribution in [3.63, 3.8) is 0 Å². The summed E-state index contributed by atoms with van der Waals surface area (Å²) in [6, 6.07) is 3.77. The summed E-state index contributed by atoms with van der Waals surface area (Å²) in [6.07, 6.45) is 1.29. The van der Waals surface area contributed by atoms with Crippen LogP contribution in [0.2, 0.25) is 0 Å². The average Bonchev–Trinajstić information content (AvgIpc) is 2.36. The Morgan fingerprint density at radius 2 is 2.00 bits per heavy atom. The second-order valence-electron chi connectivity index (χ2n) is 4.03. The number of carbonyl (C=O) groups is 1. The fourth-order valence-electron chi connectivity index (χ4n) is 1.44. The Morgan fingerprint density at radius 1 is 1.22 bits per heavy atom. The summed E-state index contributed by atoms with van der Waals surface area (Å²) in [5.74, 6) is -1.71. The lowest BCUT2D eigenvalue weighted by Gasteiger charge is -2.06. The fraction of sp³-hybridized carbons (Fsp3) is 0.462. The van der Waals surface area contributed by atoms with Crippen molar-refractivity contribution in [3.05, 3.63) is 35.4 Å². The van der Waals surface area contributed by atoms with Gasteiger partial charge >= 0.3 is 0 Å². The number of hydrogen-bond acceptors (Lipinski definition) is 2. The van der Waals surface area contributed by atoms with E-state index in [2.05, 4.69) is 10.6 Å². The van der Waals surface area contributed by atoms with E-state index in [4.69, 9.17) is 0 Å². The highest BCUT2D eigenvalue weighted by Gasteiger charge is 2.03. The lowest BCUT2D eigenvalue weighted by atomic mass is 10.2. The number of nitrogens with one attached hydrogen (secondary N) is 2. The summed E-state index contributed by atoms with van der Waals surface area (Å²) in [4.78, 5) is 11.3. The first kappa shape index (κ1) is 14.6. The van der Waals surface area contributed by atoms with Crippen molar-refractivity contribution in [2.75, 3.05) is 13.1 Å². The van der Waals surface area contributed by atoms with Crippen LogP contribution in [0.1, 0.15) is 25.3 Å². The minimum Gasteiger partial charge on any atom is -0.356 e. The molecule has 1 rings (SSSR count). The van der Waals surface area contributed by atoms with Crippen LogP contribution >= 0.6 is 0 Å². The molecule has 0 radical (unpaired) electrons. The summed E-state index contributed by atoms with van der Waals surface area (Å²) < 4.78 is 25.6. The quantitative estimate of drug-likeness (QED) is 0.732. The normalized spacial score (nSPS) is 10.4. The average molecular weight is 256 g/mol. The molecule has 1 aromatic carbocycles. The van der Waals surface area contributed by atoms with Gasteiger partial charge in [-0.3, -0.25) is 4.79 Å². The van der Waals surface area contributed by atoms with Crippen molar-refractivity contribution in [1.29, 1.82) is 0 Å². The molecule has 18 heavy (non-hydrogen) atoms. The zero-order valence-electron chi connectivity index (χ0n) is 10.4. The molecular formula is C13H18F2N2O. The predicted molar refractivity (Wildman–Crippen MR) is 66.0 cm³/mol. The summed E-state index contributed by atoms with van der Waals surface area (Å²) in [7, 11) is 0. The monoisotopic (exact) mass is 256 g/mol. The number of halogens is 2. The minimum atomic E-state index is -0.852. The molecular weight excluding hydrogens is 238 g/mol. The Bertz CT molecular complexity index is 397. The first-order valence-electron chi connectivity index (χ1n) is 6.04. The first-order valence-corrected chi connectivity index (χ1v) is 6.04. The van der Waals surface area contributed by atoms with Crippen LogP contribution < -0.4 is 10.6 Å². The lowest BCUT2D eigenvalue weighted by Crippen LogP contribution is -2.28. The molecule has 1 amide bonds. The van der Waals surface area contributed by atoms with Crippen LogP contribution in [0, 0.1) is 11.6 Å². The number of hydrogen-bond donors (Lipinski definition) is 2. The Hall–Kier alpha value is -1.49. The van der Waals surface area contributed by atoms with Crippen molar-refractivity contribution < 1.29 is 13.6 Å². The van der Waals surface area contributed by atoms with Crippen LogP contribution in [0.5, 0.6) is 0 Å². The molecule has 0 aliphatic carbocycles. The van der Waals surface area contributed by atoms with Crippen molar-refractivity contribution >= 4 is 5.91 Å². The van der Waals surface area contributed by atoms with E-state index in [1.165, 1.54) is 6.07 Å². The highest BCUT2D eigenvalue weighted by Crippen LogP contribution is 2.08. The van der Waals surface area contributed by atoms with Crippen molar-refractivity contribution in [3.8, 4) is 0 Å². The summed E-state index contributed by atoms with van der Waals surface area (Å²) in [5, 5.41) is 5.76. The minimum absolute atomic E-state index is 0.00497. The van der Waals surface area contributed by atoms with Gasteiger partial charge in [-0.05, 0) is 24.1 Å². The van der Waals surface area contributed by atoms with E-state index in [-0.39, 0.29) is 5.91 Å². The summed E-state index contributed by atoms with van der Waals surface area (Å²) >= 11 is 0. The number of amides is 1. The van der Waals surface area contributed by atoms with Crippen molar-refractivity contribution in [1.82, 2.24) is 10.6 Å². The molecule has 100 valence electrons. The van der Waals surface area contributed by atoms with Crippen LogP contribution in [0.3, 0.4) is 0 Å². The summed E-state index contributed by atoms with van der Waals surface area (Å²) in [5.41, 5.74) is 0.655. The summed E-state index contributed by atoms with van der Waals surface area (Å²) in [6.45, 7) is 3.59. The third-order valence-electron chi connectivity index (χ3n) is 2.41. The van der Waals surface area contributed by atoms with Gasteiger partial charge < -0.3 is 10.6 Å². The Balaban J connectivity index is 2.21. The van der Waals surface area contributed by atoms with Crippen LogP contribution in [0.25, 0.3) is 0 Å². The topological polar surface area (TPSA) is 41.1 Å². The molecule has 1 aromatic rings. The second kappa shape index (κ2) is 7.76. The van der Waals surface area contributed by atoms with Crippen molar-refractivity contribution in [2.45, 2.75) is 26.3 Å². The molecule has 0 spiro atoms. The van der Waals surface area contributed by atoms with Crippen LogP contribution in [-0.2, 0) is 11.3 Å². The van der Waals surface area contributed by atoms with Gasteiger partial charge in [-0.15, -0.1) is 0 Å². The molecule has 0 aliphatic heterocycles. The van der Waals surface area contributed by atoms with E-state index in [1.807, 2.05) is 6.92 Å². The molecule has 0 bridgehead atoms. The molecule has 0 heterocycles. The maximum absolute atomic E-state index is 12.9. The predicted octanol–water partition coefficient (Wildman–Crippen LogP) is 1.97.